The van der Waals surface area contributed by atoms with Crippen molar-refractivity contribution in [2.45, 2.75) is 18.2 Å². The van der Waals surface area contributed by atoms with Crippen LogP contribution in [0.25, 0.3) is 0 Å². The minimum atomic E-state index is -0.0655. The van der Waals surface area contributed by atoms with Crippen molar-refractivity contribution < 1.29 is 4.79 Å². The Labute approximate surface area is 116 Å². The van der Waals surface area contributed by atoms with Crippen LogP contribution in [0.15, 0.2) is 27.6 Å². The topological polar surface area (TPSA) is 41.1 Å². The number of thiol groups is 1. The molecular weight excluding hydrogens is 300 g/mol. The van der Waals surface area contributed by atoms with Gasteiger partial charge in [0.1, 0.15) is 0 Å². The van der Waals surface area contributed by atoms with Crippen LogP contribution >= 0.6 is 28.6 Å². The lowest BCUT2D eigenvalue weighted by Crippen LogP contribution is -2.27. The number of hydrogen-bond donors (Lipinski definition) is 3. The first-order valence-electron chi connectivity index (χ1n) is 5.62. The zero-order valence-electron chi connectivity index (χ0n) is 9.79. The van der Waals surface area contributed by atoms with E-state index in [0.717, 1.165) is 28.9 Å². The van der Waals surface area contributed by atoms with Gasteiger partial charge in [0.2, 0.25) is 0 Å². The van der Waals surface area contributed by atoms with Crippen LogP contribution < -0.4 is 10.6 Å². The third-order valence-corrected chi connectivity index (χ3v) is 3.23. The fourth-order valence-electron chi connectivity index (χ4n) is 1.37. The molecule has 0 saturated carbocycles. The molecule has 1 rings (SSSR count). The Hall–Kier alpha value is -0.520. The summed E-state index contributed by atoms with van der Waals surface area (Å²) in [6.07, 6.45) is 0.928. The Morgan fingerprint density at radius 2 is 2.18 bits per heavy atom. The summed E-state index contributed by atoms with van der Waals surface area (Å²) in [5, 5.41) is 6.09. The van der Waals surface area contributed by atoms with E-state index in [1.807, 2.05) is 12.1 Å². The number of nitrogens with one attached hydrogen (secondary N) is 2. The molecule has 1 aromatic rings. The molecule has 1 amide bonds. The summed E-state index contributed by atoms with van der Waals surface area (Å²) in [5.74, 6) is -0.0655. The largest absolute Gasteiger partial charge is 0.352 e. The lowest BCUT2D eigenvalue weighted by Gasteiger charge is -2.07. The van der Waals surface area contributed by atoms with Gasteiger partial charge in [-0.25, -0.2) is 0 Å². The van der Waals surface area contributed by atoms with Gasteiger partial charge >= 0.3 is 0 Å². The van der Waals surface area contributed by atoms with Crippen LogP contribution in [0, 0.1) is 0 Å². The van der Waals surface area contributed by atoms with Gasteiger partial charge in [0.05, 0.1) is 5.56 Å². The van der Waals surface area contributed by atoms with E-state index in [1.54, 1.807) is 6.07 Å². The zero-order chi connectivity index (χ0) is 12.7. The Morgan fingerprint density at radius 3 is 2.88 bits per heavy atom. The number of benzene rings is 1. The molecule has 0 bridgehead atoms. The van der Waals surface area contributed by atoms with Gasteiger partial charge in [-0.3, -0.25) is 4.79 Å². The number of carbonyl (C=O) groups excluding carboxylic acids is 1. The molecule has 0 aliphatic carbocycles. The van der Waals surface area contributed by atoms with Gasteiger partial charge in [0, 0.05) is 15.9 Å². The van der Waals surface area contributed by atoms with Crippen molar-refractivity contribution in [3.63, 3.8) is 0 Å². The number of halogens is 1. The quantitative estimate of drug-likeness (QED) is 0.557. The van der Waals surface area contributed by atoms with E-state index >= 15 is 0 Å². The maximum Gasteiger partial charge on any atom is 0.252 e. The van der Waals surface area contributed by atoms with E-state index < -0.39 is 0 Å². The minimum Gasteiger partial charge on any atom is -0.352 e. The van der Waals surface area contributed by atoms with Crippen LogP contribution in [-0.2, 0) is 0 Å². The van der Waals surface area contributed by atoms with Crippen molar-refractivity contribution in [3.05, 3.63) is 28.2 Å². The van der Waals surface area contributed by atoms with E-state index in [2.05, 4.69) is 46.1 Å². The number of hydrogen-bond acceptors (Lipinski definition) is 3. The second-order valence-corrected chi connectivity index (χ2v) is 5.00. The van der Waals surface area contributed by atoms with E-state index in [9.17, 15) is 4.79 Å². The van der Waals surface area contributed by atoms with Crippen LogP contribution in [0.3, 0.4) is 0 Å². The summed E-state index contributed by atoms with van der Waals surface area (Å²) < 4.78 is 0.791. The van der Waals surface area contributed by atoms with E-state index in [0.29, 0.717) is 12.1 Å². The average Bonchev–Trinajstić information content (AvgIpc) is 2.32. The highest BCUT2D eigenvalue weighted by Gasteiger charge is 2.09. The van der Waals surface area contributed by atoms with Gasteiger partial charge in [-0.15, -0.1) is 12.6 Å². The summed E-state index contributed by atoms with van der Waals surface area (Å²) in [7, 11) is 0. The molecule has 0 spiro atoms. The van der Waals surface area contributed by atoms with Crippen LogP contribution in [-0.4, -0.2) is 25.5 Å². The van der Waals surface area contributed by atoms with Gasteiger partial charge in [0.25, 0.3) is 5.91 Å². The molecule has 0 heterocycles. The SMILES string of the molecule is CCNCCCNC(=O)c1cc(S)ccc1Br. The van der Waals surface area contributed by atoms with Gasteiger partial charge in [0.15, 0.2) is 0 Å². The van der Waals surface area contributed by atoms with Crippen molar-refractivity contribution in [2.75, 3.05) is 19.6 Å². The second-order valence-electron chi connectivity index (χ2n) is 3.63. The Morgan fingerprint density at radius 1 is 1.41 bits per heavy atom. The summed E-state index contributed by atoms with van der Waals surface area (Å²) in [5.41, 5.74) is 0.626. The molecule has 0 atom stereocenters. The maximum atomic E-state index is 11.9. The van der Waals surface area contributed by atoms with Crippen molar-refractivity contribution >= 4 is 34.5 Å². The Bertz CT molecular complexity index is 385. The summed E-state index contributed by atoms with van der Waals surface area (Å²) >= 11 is 7.58. The first-order chi connectivity index (χ1) is 8.15. The van der Waals surface area contributed by atoms with E-state index in [-0.39, 0.29) is 5.91 Å². The molecule has 2 N–H and O–H groups in total. The van der Waals surface area contributed by atoms with Crippen LogP contribution in [0.5, 0.6) is 0 Å². The van der Waals surface area contributed by atoms with Crippen molar-refractivity contribution in [2.24, 2.45) is 0 Å². The Balaban J connectivity index is 2.44. The smallest absolute Gasteiger partial charge is 0.252 e. The highest BCUT2D eigenvalue weighted by molar-refractivity contribution is 9.10. The fourth-order valence-corrected chi connectivity index (χ4v) is 2.00. The predicted octanol–water partition coefficient (Wildman–Crippen LogP) is 2.47. The minimum absolute atomic E-state index is 0.0655. The van der Waals surface area contributed by atoms with Crippen LogP contribution in [0.1, 0.15) is 23.7 Å². The molecule has 94 valence electrons. The molecule has 0 unspecified atom stereocenters. The maximum absolute atomic E-state index is 11.9. The predicted molar refractivity (Wildman–Crippen MR) is 76.9 cm³/mol. The summed E-state index contributed by atoms with van der Waals surface area (Å²) in [4.78, 5) is 12.6. The highest BCUT2D eigenvalue weighted by atomic mass is 79.9. The summed E-state index contributed by atoms with van der Waals surface area (Å²) in [6.45, 7) is 4.62. The molecule has 3 nitrogen and oxygen atoms in total. The first-order valence-corrected chi connectivity index (χ1v) is 6.86. The number of carbonyl (C=O) groups is 1. The third-order valence-electron chi connectivity index (χ3n) is 2.26. The number of rotatable bonds is 6. The Kier molecular flexibility index (Phi) is 6.62. The van der Waals surface area contributed by atoms with Crippen molar-refractivity contribution in [3.8, 4) is 0 Å². The lowest BCUT2D eigenvalue weighted by molar-refractivity contribution is 0.0952. The van der Waals surface area contributed by atoms with Crippen LogP contribution in [0.4, 0.5) is 0 Å². The van der Waals surface area contributed by atoms with Crippen molar-refractivity contribution in [1.82, 2.24) is 10.6 Å². The monoisotopic (exact) mass is 316 g/mol. The lowest BCUT2D eigenvalue weighted by atomic mass is 10.2. The molecule has 1 aromatic carbocycles. The molecule has 0 aromatic heterocycles. The van der Waals surface area contributed by atoms with Crippen LogP contribution in [0.2, 0.25) is 0 Å². The number of amides is 1. The second kappa shape index (κ2) is 7.74. The van der Waals surface area contributed by atoms with Gasteiger partial charge in [-0.1, -0.05) is 6.92 Å². The average molecular weight is 317 g/mol. The molecule has 0 radical (unpaired) electrons. The van der Waals surface area contributed by atoms with E-state index in [1.165, 1.54) is 0 Å². The highest BCUT2D eigenvalue weighted by Crippen LogP contribution is 2.19. The summed E-state index contributed by atoms with van der Waals surface area (Å²) in [6, 6.07) is 5.43. The molecule has 0 saturated heterocycles. The molecule has 0 fully saturated rings. The zero-order valence-corrected chi connectivity index (χ0v) is 12.3. The standard InChI is InChI=1S/C12H17BrN2OS/c1-2-14-6-3-7-15-12(16)10-8-9(17)4-5-11(10)13/h4-5,8,14,17H,2-3,6-7H2,1H3,(H,15,16). The third kappa shape index (κ3) is 5.10. The van der Waals surface area contributed by atoms with Gasteiger partial charge in [-0.05, 0) is 53.6 Å². The first kappa shape index (κ1) is 14.5. The molecule has 17 heavy (non-hydrogen) atoms. The van der Waals surface area contributed by atoms with E-state index in [4.69, 9.17) is 0 Å². The normalized spacial score (nSPS) is 10.3. The molecule has 0 aliphatic heterocycles. The van der Waals surface area contributed by atoms with Crippen molar-refractivity contribution in [1.29, 1.82) is 0 Å². The van der Waals surface area contributed by atoms with Gasteiger partial charge in [-0.2, -0.15) is 0 Å². The van der Waals surface area contributed by atoms with Gasteiger partial charge < -0.3 is 10.6 Å². The molecule has 5 heteroatoms. The molecule has 0 aliphatic rings. The fraction of sp³-hybridized carbons (Fsp3) is 0.417. The molecular formula is C12H17BrN2OS.